The smallest absolute Gasteiger partial charge is 0.124 e. The normalized spacial score (nSPS) is 10.5. The average molecular weight is 220 g/mol. The molecule has 0 bridgehead atoms. The molecule has 0 aliphatic carbocycles. The van der Waals surface area contributed by atoms with E-state index in [-0.39, 0.29) is 5.75 Å². The molecule has 0 unspecified atom stereocenters. The zero-order valence-corrected chi connectivity index (χ0v) is 9.21. The van der Waals surface area contributed by atoms with Crippen LogP contribution in [0.25, 0.3) is 10.6 Å². The number of thiazole rings is 1. The lowest BCUT2D eigenvalue weighted by Crippen LogP contribution is -1.94. The van der Waals surface area contributed by atoms with Crippen molar-refractivity contribution in [2.45, 2.75) is 13.5 Å². The minimum absolute atomic E-state index is 0.259. The van der Waals surface area contributed by atoms with Crippen LogP contribution >= 0.6 is 11.3 Å². The number of phenols is 1. The summed E-state index contributed by atoms with van der Waals surface area (Å²) in [6.07, 6.45) is 0. The first-order valence-electron chi connectivity index (χ1n) is 4.66. The van der Waals surface area contributed by atoms with Gasteiger partial charge in [-0.15, -0.1) is 11.3 Å². The maximum atomic E-state index is 9.36. The number of nitrogens with zero attached hydrogens (tertiary/aromatic N) is 1. The third-order valence-corrected chi connectivity index (χ3v) is 3.40. The number of hydrogen-bond donors (Lipinski definition) is 2. The fraction of sp³-hybridized carbons (Fsp3) is 0.182. The predicted octanol–water partition coefficient (Wildman–Crippen LogP) is 2.28. The highest BCUT2D eigenvalue weighted by Gasteiger charge is 2.08. The topological polar surface area (TPSA) is 59.1 Å². The summed E-state index contributed by atoms with van der Waals surface area (Å²) in [6, 6.07) is 7.09. The monoisotopic (exact) mass is 220 g/mol. The summed E-state index contributed by atoms with van der Waals surface area (Å²) in [5.74, 6) is 0.259. The number of hydrogen-bond acceptors (Lipinski definition) is 4. The number of aryl methyl sites for hydroxylation is 1. The molecule has 4 heteroatoms. The molecule has 1 heterocycles. The molecule has 0 aliphatic heterocycles. The molecule has 3 nitrogen and oxygen atoms in total. The lowest BCUT2D eigenvalue weighted by molar-refractivity contribution is 0.475. The van der Waals surface area contributed by atoms with Crippen LogP contribution in [0.2, 0.25) is 0 Å². The Balaban J connectivity index is 2.45. The van der Waals surface area contributed by atoms with Crippen LogP contribution in [0.3, 0.4) is 0 Å². The molecule has 0 spiro atoms. The second-order valence-corrected chi connectivity index (χ2v) is 4.37. The summed E-state index contributed by atoms with van der Waals surface area (Å²) in [7, 11) is 0. The Morgan fingerprint density at radius 2 is 2.27 bits per heavy atom. The van der Waals surface area contributed by atoms with Crippen LogP contribution in [-0.4, -0.2) is 10.1 Å². The largest absolute Gasteiger partial charge is 0.508 e. The fourth-order valence-electron chi connectivity index (χ4n) is 1.38. The maximum absolute atomic E-state index is 9.36. The van der Waals surface area contributed by atoms with Crippen LogP contribution in [-0.2, 0) is 6.54 Å². The first-order valence-corrected chi connectivity index (χ1v) is 5.48. The van der Waals surface area contributed by atoms with Crippen LogP contribution < -0.4 is 5.73 Å². The van der Waals surface area contributed by atoms with E-state index in [0.717, 1.165) is 21.1 Å². The Morgan fingerprint density at radius 3 is 2.87 bits per heavy atom. The molecule has 0 aliphatic rings. The van der Waals surface area contributed by atoms with Gasteiger partial charge in [0.25, 0.3) is 0 Å². The van der Waals surface area contributed by atoms with Gasteiger partial charge in [0.15, 0.2) is 0 Å². The Morgan fingerprint density at radius 1 is 1.47 bits per heavy atom. The standard InChI is InChI=1S/C11H12N2OS/c1-7-10(6-12)15-11(13-7)8-3-2-4-9(14)5-8/h2-5,14H,6,12H2,1H3. The first kappa shape index (κ1) is 10.1. The van der Waals surface area contributed by atoms with E-state index in [1.165, 1.54) is 0 Å². The van der Waals surface area contributed by atoms with Crippen molar-refractivity contribution in [3.8, 4) is 16.3 Å². The van der Waals surface area contributed by atoms with Gasteiger partial charge in [-0.3, -0.25) is 0 Å². The minimum Gasteiger partial charge on any atom is -0.508 e. The molecule has 0 saturated heterocycles. The van der Waals surface area contributed by atoms with Gasteiger partial charge in [0, 0.05) is 17.0 Å². The maximum Gasteiger partial charge on any atom is 0.124 e. The highest BCUT2D eigenvalue weighted by molar-refractivity contribution is 7.15. The molecule has 1 aromatic carbocycles. The molecule has 78 valence electrons. The van der Waals surface area contributed by atoms with E-state index in [0.29, 0.717) is 6.54 Å². The van der Waals surface area contributed by atoms with Gasteiger partial charge < -0.3 is 10.8 Å². The highest BCUT2D eigenvalue weighted by atomic mass is 32.1. The zero-order valence-electron chi connectivity index (χ0n) is 8.40. The van der Waals surface area contributed by atoms with Crippen molar-refractivity contribution in [3.05, 3.63) is 34.8 Å². The van der Waals surface area contributed by atoms with Gasteiger partial charge >= 0.3 is 0 Å². The summed E-state index contributed by atoms with van der Waals surface area (Å²) in [6.45, 7) is 2.47. The van der Waals surface area contributed by atoms with Gasteiger partial charge in [0.05, 0.1) is 5.69 Å². The minimum atomic E-state index is 0.259. The molecule has 2 aromatic rings. The number of aromatic nitrogens is 1. The van der Waals surface area contributed by atoms with Gasteiger partial charge in [-0.25, -0.2) is 4.98 Å². The van der Waals surface area contributed by atoms with E-state index in [4.69, 9.17) is 5.73 Å². The number of benzene rings is 1. The van der Waals surface area contributed by atoms with Crippen molar-refractivity contribution in [1.82, 2.24) is 4.98 Å². The molecule has 2 rings (SSSR count). The van der Waals surface area contributed by atoms with E-state index < -0.39 is 0 Å². The fourth-order valence-corrected chi connectivity index (χ4v) is 2.32. The van der Waals surface area contributed by atoms with Crippen LogP contribution in [0, 0.1) is 6.92 Å². The molecule has 0 atom stereocenters. The van der Waals surface area contributed by atoms with Gasteiger partial charge in [-0.1, -0.05) is 12.1 Å². The van der Waals surface area contributed by atoms with Crippen LogP contribution in [0.4, 0.5) is 0 Å². The van der Waals surface area contributed by atoms with Crippen LogP contribution in [0.1, 0.15) is 10.6 Å². The van der Waals surface area contributed by atoms with Gasteiger partial charge in [-0.05, 0) is 19.1 Å². The number of rotatable bonds is 2. The van der Waals surface area contributed by atoms with Crippen molar-refractivity contribution in [2.24, 2.45) is 5.73 Å². The molecule has 15 heavy (non-hydrogen) atoms. The van der Waals surface area contributed by atoms with Crippen molar-refractivity contribution >= 4 is 11.3 Å². The van der Waals surface area contributed by atoms with Crippen LogP contribution in [0.5, 0.6) is 5.75 Å². The Labute approximate surface area is 92.2 Å². The first-order chi connectivity index (χ1) is 7.20. The van der Waals surface area contributed by atoms with Crippen molar-refractivity contribution in [2.75, 3.05) is 0 Å². The summed E-state index contributed by atoms with van der Waals surface area (Å²) in [5.41, 5.74) is 7.50. The molecule has 0 fully saturated rings. The van der Waals surface area contributed by atoms with Gasteiger partial charge in [-0.2, -0.15) is 0 Å². The third kappa shape index (κ3) is 2.00. The SMILES string of the molecule is Cc1nc(-c2cccc(O)c2)sc1CN. The number of phenolic OH excluding ortho intramolecular Hbond substituents is 1. The summed E-state index contributed by atoms with van der Waals surface area (Å²) < 4.78 is 0. The lowest BCUT2D eigenvalue weighted by atomic mass is 10.2. The summed E-state index contributed by atoms with van der Waals surface area (Å²) in [5, 5.41) is 10.3. The van der Waals surface area contributed by atoms with Crippen LogP contribution in [0.15, 0.2) is 24.3 Å². The molecule has 1 aromatic heterocycles. The molecule has 3 N–H and O–H groups in total. The number of nitrogens with two attached hydrogens (primary N) is 1. The second-order valence-electron chi connectivity index (χ2n) is 3.28. The van der Waals surface area contributed by atoms with Gasteiger partial charge in [0.1, 0.15) is 10.8 Å². The molecule has 0 radical (unpaired) electrons. The highest BCUT2D eigenvalue weighted by Crippen LogP contribution is 2.29. The van der Waals surface area contributed by atoms with Gasteiger partial charge in [0.2, 0.25) is 0 Å². The van der Waals surface area contributed by atoms with E-state index in [9.17, 15) is 5.11 Å². The van der Waals surface area contributed by atoms with Crippen molar-refractivity contribution < 1.29 is 5.11 Å². The number of aromatic hydroxyl groups is 1. The zero-order chi connectivity index (χ0) is 10.8. The lowest BCUT2D eigenvalue weighted by Gasteiger charge is -1.96. The summed E-state index contributed by atoms with van der Waals surface area (Å²) >= 11 is 1.57. The second kappa shape index (κ2) is 4.00. The van der Waals surface area contributed by atoms with Crippen molar-refractivity contribution in [3.63, 3.8) is 0 Å². The predicted molar refractivity (Wildman–Crippen MR) is 61.8 cm³/mol. The van der Waals surface area contributed by atoms with E-state index in [1.807, 2.05) is 19.1 Å². The quantitative estimate of drug-likeness (QED) is 0.816. The van der Waals surface area contributed by atoms with E-state index in [2.05, 4.69) is 4.98 Å². The molecular formula is C11H12N2OS. The average Bonchev–Trinajstić information content (AvgIpc) is 2.60. The van der Waals surface area contributed by atoms with E-state index >= 15 is 0 Å². The summed E-state index contributed by atoms with van der Waals surface area (Å²) in [4.78, 5) is 5.51. The molecule has 0 amide bonds. The van der Waals surface area contributed by atoms with Crippen molar-refractivity contribution in [1.29, 1.82) is 0 Å². The molecular weight excluding hydrogens is 208 g/mol. The third-order valence-electron chi connectivity index (χ3n) is 2.17. The Hall–Kier alpha value is -1.39. The Bertz CT molecular complexity index is 479. The van der Waals surface area contributed by atoms with E-state index in [1.54, 1.807) is 23.5 Å². The Kier molecular flexibility index (Phi) is 2.70. The molecule has 0 saturated carbocycles.